The van der Waals surface area contributed by atoms with E-state index in [1.807, 2.05) is 19.1 Å². The highest BCUT2D eigenvalue weighted by atomic mass is 35.5. The number of hydrogen-bond acceptors (Lipinski definition) is 3. The first-order chi connectivity index (χ1) is 8.20. The number of aliphatic hydroxyl groups is 1. The van der Waals surface area contributed by atoms with Crippen LogP contribution in [0.5, 0.6) is 0 Å². The molecule has 0 amide bonds. The van der Waals surface area contributed by atoms with Crippen LogP contribution in [0.15, 0.2) is 28.7 Å². The highest BCUT2D eigenvalue weighted by Crippen LogP contribution is 2.27. The van der Waals surface area contributed by atoms with E-state index in [2.05, 4.69) is 0 Å². The summed E-state index contributed by atoms with van der Waals surface area (Å²) in [5.74, 6) is 0.557. The third kappa shape index (κ3) is 3.00. The molecule has 0 fully saturated rings. The summed E-state index contributed by atoms with van der Waals surface area (Å²) >= 11 is 5.89. The number of benzene rings is 1. The van der Waals surface area contributed by atoms with Gasteiger partial charge in [0.2, 0.25) is 0 Å². The molecule has 4 heteroatoms. The second kappa shape index (κ2) is 5.54. The maximum absolute atomic E-state index is 9.91. The summed E-state index contributed by atoms with van der Waals surface area (Å²) in [6.45, 7) is 3.10. The second-order valence-corrected chi connectivity index (χ2v) is 4.27. The first-order valence-corrected chi connectivity index (χ1v) is 6.03. The Morgan fingerprint density at radius 3 is 3.00 bits per heavy atom. The molecule has 2 rings (SSSR count). The molecule has 1 heterocycles. The number of hydrogen-bond donors (Lipinski definition) is 1. The van der Waals surface area contributed by atoms with Crippen molar-refractivity contribution >= 4 is 22.6 Å². The zero-order valence-corrected chi connectivity index (χ0v) is 10.4. The molecule has 1 atom stereocenters. The molecule has 92 valence electrons. The van der Waals surface area contributed by atoms with Gasteiger partial charge in [-0.15, -0.1) is 0 Å². The molecule has 1 aromatic carbocycles. The highest BCUT2D eigenvalue weighted by Gasteiger charge is 2.13. The summed E-state index contributed by atoms with van der Waals surface area (Å²) in [4.78, 5) is 0. The predicted octanol–water partition coefficient (Wildman–Crippen LogP) is 3.55. The molecule has 0 spiro atoms. The van der Waals surface area contributed by atoms with Gasteiger partial charge in [-0.3, -0.25) is 0 Å². The van der Waals surface area contributed by atoms with E-state index < -0.39 is 6.10 Å². The molecule has 0 bridgehead atoms. The molecule has 0 radical (unpaired) electrons. The van der Waals surface area contributed by atoms with Gasteiger partial charge in [-0.2, -0.15) is 0 Å². The molecule has 1 N–H and O–H groups in total. The van der Waals surface area contributed by atoms with Gasteiger partial charge < -0.3 is 14.3 Å². The standard InChI is InChI=1S/C13H15ClO3/c1-2-16-6-5-11(15)13-8-9-7-10(14)3-4-12(9)17-13/h3-4,7-8,11,15H,2,5-6H2,1H3. The monoisotopic (exact) mass is 254 g/mol. The summed E-state index contributed by atoms with van der Waals surface area (Å²) in [5.41, 5.74) is 0.736. The molecule has 0 saturated heterocycles. The van der Waals surface area contributed by atoms with Crippen molar-refractivity contribution in [1.29, 1.82) is 0 Å². The number of fused-ring (bicyclic) bond motifs is 1. The van der Waals surface area contributed by atoms with Gasteiger partial charge in [0.05, 0.1) is 0 Å². The van der Waals surface area contributed by atoms with E-state index in [1.54, 1.807) is 12.1 Å². The van der Waals surface area contributed by atoms with Crippen molar-refractivity contribution in [3.05, 3.63) is 35.0 Å². The van der Waals surface area contributed by atoms with Gasteiger partial charge in [0.1, 0.15) is 17.4 Å². The highest BCUT2D eigenvalue weighted by molar-refractivity contribution is 6.31. The van der Waals surface area contributed by atoms with E-state index in [0.29, 0.717) is 30.4 Å². The third-order valence-corrected chi connectivity index (χ3v) is 2.80. The zero-order chi connectivity index (χ0) is 12.3. The van der Waals surface area contributed by atoms with Gasteiger partial charge in [0.25, 0.3) is 0 Å². The Hall–Kier alpha value is -1.03. The number of furan rings is 1. The Morgan fingerprint density at radius 1 is 1.41 bits per heavy atom. The van der Waals surface area contributed by atoms with E-state index in [-0.39, 0.29) is 0 Å². The van der Waals surface area contributed by atoms with Crippen molar-refractivity contribution in [3.63, 3.8) is 0 Å². The van der Waals surface area contributed by atoms with Crippen LogP contribution < -0.4 is 0 Å². The summed E-state index contributed by atoms with van der Waals surface area (Å²) in [6, 6.07) is 7.21. The smallest absolute Gasteiger partial charge is 0.134 e. The van der Waals surface area contributed by atoms with Crippen molar-refractivity contribution in [2.75, 3.05) is 13.2 Å². The Morgan fingerprint density at radius 2 is 2.24 bits per heavy atom. The summed E-state index contributed by atoms with van der Waals surface area (Å²) in [6.07, 6.45) is -0.103. The molecule has 0 aliphatic rings. The molecule has 3 nitrogen and oxygen atoms in total. The minimum Gasteiger partial charge on any atom is -0.458 e. The van der Waals surface area contributed by atoms with Crippen molar-refractivity contribution in [1.82, 2.24) is 0 Å². The van der Waals surface area contributed by atoms with Crippen LogP contribution in [0.4, 0.5) is 0 Å². The summed E-state index contributed by atoms with van der Waals surface area (Å²) in [7, 11) is 0. The average molecular weight is 255 g/mol. The van der Waals surface area contributed by atoms with Crippen LogP contribution in [0.25, 0.3) is 11.0 Å². The lowest BCUT2D eigenvalue weighted by atomic mass is 10.2. The summed E-state index contributed by atoms with van der Waals surface area (Å²) in [5, 5.41) is 11.5. The average Bonchev–Trinajstić information content (AvgIpc) is 2.72. The van der Waals surface area contributed by atoms with Gasteiger partial charge in [0, 0.05) is 30.0 Å². The van der Waals surface area contributed by atoms with Crippen LogP contribution >= 0.6 is 11.6 Å². The van der Waals surface area contributed by atoms with Gasteiger partial charge in [-0.25, -0.2) is 0 Å². The fourth-order valence-electron chi connectivity index (χ4n) is 1.68. The molecular weight excluding hydrogens is 240 g/mol. The number of aliphatic hydroxyl groups excluding tert-OH is 1. The Bertz CT molecular complexity index is 492. The van der Waals surface area contributed by atoms with E-state index in [0.717, 1.165) is 11.0 Å². The van der Waals surface area contributed by atoms with Crippen LogP contribution in [-0.2, 0) is 4.74 Å². The van der Waals surface area contributed by atoms with Crippen LogP contribution in [0, 0.1) is 0 Å². The fraction of sp³-hybridized carbons (Fsp3) is 0.385. The minimum absolute atomic E-state index is 0.523. The first-order valence-electron chi connectivity index (χ1n) is 5.65. The lowest BCUT2D eigenvalue weighted by molar-refractivity contribution is 0.0781. The molecule has 17 heavy (non-hydrogen) atoms. The van der Waals surface area contributed by atoms with Gasteiger partial charge in [-0.05, 0) is 31.2 Å². The molecule has 1 unspecified atom stereocenters. The molecule has 0 aliphatic carbocycles. The fourth-order valence-corrected chi connectivity index (χ4v) is 1.86. The van der Waals surface area contributed by atoms with Crippen LogP contribution in [0.3, 0.4) is 0 Å². The van der Waals surface area contributed by atoms with E-state index in [1.165, 1.54) is 0 Å². The number of rotatable bonds is 5. The van der Waals surface area contributed by atoms with Crippen LogP contribution in [0.2, 0.25) is 5.02 Å². The van der Waals surface area contributed by atoms with Crippen molar-refractivity contribution in [2.24, 2.45) is 0 Å². The van der Waals surface area contributed by atoms with Crippen LogP contribution in [-0.4, -0.2) is 18.3 Å². The Labute approximate surface area is 105 Å². The molecule has 2 aromatic rings. The van der Waals surface area contributed by atoms with Crippen molar-refractivity contribution in [3.8, 4) is 0 Å². The lowest BCUT2D eigenvalue weighted by Gasteiger charge is -2.06. The summed E-state index contributed by atoms with van der Waals surface area (Å²) < 4.78 is 10.7. The van der Waals surface area contributed by atoms with E-state index in [9.17, 15) is 5.11 Å². The maximum Gasteiger partial charge on any atom is 0.134 e. The SMILES string of the molecule is CCOCCC(O)c1cc2cc(Cl)ccc2o1. The van der Waals surface area contributed by atoms with Gasteiger partial charge >= 0.3 is 0 Å². The molecule has 0 aliphatic heterocycles. The predicted molar refractivity (Wildman–Crippen MR) is 67.3 cm³/mol. The Balaban J connectivity index is 2.12. The lowest BCUT2D eigenvalue weighted by Crippen LogP contribution is -2.02. The molecular formula is C13H15ClO3. The zero-order valence-electron chi connectivity index (χ0n) is 9.65. The minimum atomic E-state index is -0.632. The molecule has 1 aromatic heterocycles. The van der Waals surface area contributed by atoms with Crippen LogP contribution in [0.1, 0.15) is 25.2 Å². The largest absolute Gasteiger partial charge is 0.458 e. The quantitative estimate of drug-likeness (QED) is 0.830. The van der Waals surface area contributed by atoms with Crippen molar-refractivity contribution < 1.29 is 14.3 Å². The van der Waals surface area contributed by atoms with Gasteiger partial charge in [-0.1, -0.05) is 11.6 Å². The normalized spacial score (nSPS) is 13.1. The Kier molecular flexibility index (Phi) is 4.05. The third-order valence-electron chi connectivity index (χ3n) is 2.57. The van der Waals surface area contributed by atoms with E-state index in [4.69, 9.17) is 20.8 Å². The first kappa shape index (κ1) is 12.4. The number of ether oxygens (including phenoxy) is 1. The molecule has 0 saturated carbocycles. The van der Waals surface area contributed by atoms with Gasteiger partial charge in [0.15, 0.2) is 0 Å². The van der Waals surface area contributed by atoms with E-state index >= 15 is 0 Å². The maximum atomic E-state index is 9.91. The topological polar surface area (TPSA) is 42.6 Å². The number of halogens is 1. The second-order valence-electron chi connectivity index (χ2n) is 3.83. The van der Waals surface area contributed by atoms with Crippen molar-refractivity contribution in [2.45, 2.75) is 19.4 Å².